The Labute approximate surface area is 225 Å². The highest BCUT2D eigenvalue weighted by Crippen LogP contribution is 2.38. The smallest absolute Gasteiger partial charge is 0.412 e. The van der Waals surface area contributed by atoms with Crippen molar-refractivity contribution in [2.75, 3.05) is 0 Å². The third-order valence-corrected chi connectivity index (χ3v) is 7.83. The largest absolute Gasteiger partial charge is 0.457 e. The van der Waals surface area contributed by atoms with Crippen LogP contribution in [0.3, 0.4) is 0 Å². The number of aliphatic hydroxyl groups excluding tert-OH is 3. The molecular weight excluding hydrogens is 521 g/mol. The van der Waals surface area contributed by atoms with E-state index in [0.717, 1.165) is 6.08 Å². The van der Waals surface area contributed by atoms with E-state index < -0.39 is 84.2 Å². The maximum Gasteiger partial charge on any atom is 0.412 e. The molecular formula is C27H37F3N2O7. The number of aromatic nitrogens is 1. The van der Waals surface area contributed by atoms with Gasteiger partial charge in [0.2, 0.25) is 5.89 Å². The average molecular weight is 559 g/mol. The fourth-order valence-corrected chi connectivity index (χ4v) is 5.01. The number of carbonyl (C=O) groups excluding carboxylic acids is 2. The predicted molar refractivity (Wildman–Crippen MR) is 134 cm³/mol. The second-order valence-electron chi connectivity index (χ2n) is 11.1. The SMILES string of the molecule is C/C(=C\c1coc(CO)n1)[C@H]1C/C=C(/C(F)(F)F)CC2NC2[C@H](C)[C@H](O)[C@@H](C)C(=O)C(C)(C)[C@@H](O)CC(=O)O1. The third-order valence-electron chi connectivity index (χ3n) is 7.83. The molecule has 1 saturated heterocycles. The number of rotatable bonds is 3. The molecule has 9 nitrogen and oxygen atoms in total. The Morgan fingerprint density at radius 1 is 1.23 bits per heavy atom. The molecule has 2 aliphatic rings. The Bertz CT molecular complexity index is 1110. The molecule has 0 bridgehead atoms. The number of alkyl halides is 3. The summed E-state index contributed by atoms with van der Waals surface area (Å²) in [7, 11) is 0. The number of nitrogens with one attached hydrogen (secondary N) is 1. The predicted octanol–water partition coefficient (Wildman–Crippen LogP) is 3.08. The minimum Gasteiger partial charge on any atom is -0.457 e. The van der Waals surface area contributed by atoms with Crippen LogP contribution in [0.5, 0.6) is 0 Å². The quantitative estimate of drug-likeness (QED) is 0.249. The van der Waals surface area contributed by atoms with Crippen molar-refractivity contribution in [3.8, 4) is 0 Å². The molecule has 3 heterocycles. The van der Waals surface area contributed by atoms with E-state index in [1.165, 1.54) is 33.1 Å². The summed E-state index contributed by atoms with van der Waals surface area (Å²) in [6.07, 6.45) is -5.94. The molecule has 0 radical (unpaired) electrons. The summed E-state index contributed by atoms with van der Waals surface area (Å²) in [6, 6.07) is -0.980. The van der Waals surface area contributed by atoms with Gasteiger partial charge in [0.05, 0.1) is 24.0 Å². The monoisotopic (exact) mass is 558 g/mol. The summed E-state index contributed by atoms with van der Waals surface area (Å²) in [5.41, 5.74) is -1.58. The van der Waals surface area contributed by atoms with Gasteiger partial charge in [-0.15, -0.1) is 0 Å². The number of ether oxygens (including phenoxy) is 1. The number of fused-ring (bicyclic) bond motifs is 1. The average Bonchev–Trinajstić information content (AvgIpc) is 3.49. The third kappa shape index (κ3) is 7.36. The van der Waals surface area contributed by atoms with Crippen LogP contribution >= 0.6 is 0 Å². The van der Waals surface area contributed by atoms with E-state index in [0.29, 0.717) is 5.57 Å². The maximum absolute atomic E-state index is 14.0. The first kappa shape index (κ1) is 31.0. The van der Waals surface area contributed by atoms with Crippen LogP contribution in [0.1, 0.15) is 65.5 Å². The minimum absolute atomic E-state index is 0.0402. The number of oxazole rings is 1. The van der Waals surface area contributed by atoms with E-state index >= 15 is 0 Å². The van der Waals surface area contributed by atoms with Crippen LogP contribution in [0.2, 0.25) is 0 Å². The summed E-state index contributed by atoms with van der Waals surface area (Å²) in [4.78, 5) is 30.1. The van der Waals surface area contributed by atoms with Crippen LogP contribution < -0.4 is 5.32 Å². The van der Waals surface area contributed by atoms with Crippen molar-refractivity contribution < 1.29 is 47.2 Å². The number of cyclic esters (lactones) is 1. The second kappa shape index (κ2) is 11.9. The van der Waals surface area contributed by atoms with E-state index in [9.17, 15) is 33.0 Å². The van der Waals surface area contributed by atoms with Gasteiger partial charge < -0.3 is 29.8 Å². The summed E-state index contributed by atoms with van der Waals surface area (Å²) in [6.45, 7) is 7.24. The van der Waals surface area contributed by atoms with Gasteiger partial charge in [-0.1, -0.05) is 33.8 Å². The molecule has 0 spiro atoms. The Balaban J connectivity index is 1.98. The lowest BCUT2D eigenvalue weighted by Crippen LogP contribution is -2.46. The highest BCUT2D eigenvalue weighted by molar-refractivity contribution is 5.88. The standard InChI is InChI=1S/C27H37F3N2O7/c1-13(8-17-12-38-21(11-33)31-17)19-7-6-16(27(28,29)30)9-18-23(32-18)14(2)24(36)15(3)25(37)26(4,5)20(34)10-22(35)39-19/h6,8,12,14-15,18-20,23-24,32-34,36H,7,9-11H2,1-5H3/b13-8+,16-6+/t14-,15+,18?,19+,20-,23?,24-/m0/s1. The number of carbonyl (C=O) groups is 2. The number of hydrogen-bond acceptors (Lipinski definition) is 9. The lowest BCUT2D eigenvalue weighted by molar-refractivity contribution is -0.154. The number of Topliss-reactive ketones (excluding diaryl/α,β-unsaturated/α-hetero) is 1. The molecule has 3 rings (SSSR count). The van der Waals surface area contributed by atoms with Crippen molar-refractivity contribution in [1.29, 1.82) is 0 Å². The Morgan fingerprint density at radius 3 is 2.49 bits per heavy atom. The fourth-order valence-electron chi connectivity index (χ4n) is 5.01. The highest BCUT2D eigenvalue weighted by Gasteiger charge is 2.49. The summed E-state index contributed by atoms with van der Waals surface area (Å²) < 4.78 is 52.4. The number of hydrogen-bond donors (Lipinski definition) is 4. The molecule has 39 heavy (non-hydrogen) atoms. The van der Waals surface area contributed by atoms with E-state index in [4.69, 9.17) is 14.3 Å². The van der Waals surface area contributed by atoms with Crippen molar-refractivity contribution in [2.45, 2.75) is 97.1 Å². The number of ketones is 1. The Kier molecular flexibility index (Phi) is 9.47. The minimum atomic E-state index is -4.64. The van der Waals surface area contributed by atoms with E-state index in [-0.39, 0.29) is 24.4 Å². The van der Waals surface area contributed by atoms with E-state index in [1.807, 2.05) is 0 Å². The second-order valence-corrected chi connectivity index (χ2v) is 11.1. The van der Waals surface area contributed by atoms with Crippen LogP contribution in [-0.4, -0.2) is 68.6 Å². The van der Waals surface area contributed by atoms with Crippen molar-refractivity contribution in [1.82, 2.24) is 10.3 Å². The van der Waals surface area contributed by atoms with Gasteiger partial charge in [-0.3, -0.25) is 9.59 Å². The van der Waals surface area contributed by atoms with Gasteiger partial charge in [0.15, 0.2) is 0 Å². The van der Waals surface area contributed by atoms with Gasteiger partial charge >= 0.3 is 12.1 Å². The van der Waals surface area contributed by atoms with Crippen LogP contribution in [0, 0.1) is 17.3 Å². The molecule has 2 unspecified atom stereocenters. The van der Waals surface area contributed by atoms with Crippen LogP contribution in [-0.2, 0) is 20.9 Å². The number of nitrogens with zero attached hydrogens (tertiary/aromatic N) is 1. The molecule has 1 aromatic rings. The maximum atomic E-state index is 14.0. The molecule has 4 N–H and O–H groups in total. The normalized spacial score (nSPS) is 34.6. The van der Waals surface area contributed by atoms with Gasteiger partial charge in [-0.25, -0.2) is 4.98 Å². The zero-order chi connectivity index (χ0) is 29.3. The molecule has 0 aliphatic carbocycles. The van der Waals surface area contributed by atoms with Crippen LogP contribution in [0.4, 0.5) is 13.2 Å². The zero-order valence-corrected chi connectivity index (χ0v) is 22.7. The molecule has 218 valence electrons. The van der Waals surface area contributed by atoms with E-state index in [1.54, 1.807) is 13.8 Å². The number of esters is 1. The van der Waals surface area contributed by atoms with Crippen molar-refractivity contribution >= 4 is 17.8 Å². The molecule has 1 fully saturated rings. The first-order valence-corrected chi connectivity index (χ1v) is 12.9. The fraction of sp³-hybridized carbons (Fsp3) is 0.667. The first-order valence-electron chi connectivity index (χ1n) is 12.9. The molecule has 1 aromatic heterocycles. The first-order chi connectivity index (χ1) is 18.1. The van der Waals surface area contributed by atoms with Crippen molar-refractivity contribution in [2.24, 2.45) is 17.3 Å². The van der Waals surface area contributed by atoms with Gasteiger partial charge in [-0.05, 0) is 30.9 Å². The number of aliphatic hydroxyl groups is 3. The number of halogens is 3. The van der Waals surface area contributed by atoms with Crippen molar-refractivity contribution in [3.05, 3.63) is 35.1 Å². The summed E-state index contributed by atoms with van der Waals surface area (Å²) >= 11 is 0. The van der Waals surface area contributed by atoms with E-state index in [2.05, 4.69) is 10.3 Å². The highest BCUT2D eigenvalue weighted by atomic mass is 19.4. The topological polar surface area (TPSA) is 152 Å². The van der Waals surface area contributed by atoms with Gasteiger partial charge in [0, 0.05) is 30.0 Å². The van der Waals surface area contributed by atoms with Gasteiger partial charge in [-0.2, -0.15) is 13.2 Å². The molecule has 0 aromatic carbocycles. The summed E-state index contributed by atoms with van der Waals surface area (Å²) in [5.74, 6) is -2.80. The van der Waals surface area contributed by atoms with Gasteiger partial charge in [0.1, 0.15) is 30.5 Å². The molecule has 0 saturated carbocycles. The van der Waals surface area contributed by atoms with Crippen molar-refractivity contribution in [3.63, 3.8) is 0 Å². The zero-order valence-electron chi connectivity index (χ0n) is 22.7. The molecule has 2 aliphatic heterocycles. The lowest BCUT2D eigenvalue weighted by atomic mass is 9.73. The lowest BCUT2D eigenvalue weighted by Gasteiger charge is -2.34. The van der Waals surface area contributed by atoms with Crippen LogP contribution in [0.25, 0.3) is 6.08 Å². The molecule has 7 atom stereocenters. The van der Waals surface area contributed by atoms with Crippen LogP contribution in [0.15, 0.2) is 27.9 Å². The summed E-state index contributed by atoms with van der Waals surface area (Å²) in [5, 5.41) is 33.8. The molecule has 12 heteroatoms. The Hall–Kier alpha value is -2.54. The Morgan fingerprint density at radius 2 is 1.90 bits per heavy atom. The molecule has 0 amide bonds. The van der Waals surface area contributed by atoms with Gasteiger partial charge in [0.25, 0.3) is 0 Å².